The molecule has 2 N–H and O–H groups in total. The first-order chi connectivity index (χ1) is 11.6. The molecular formula is C17H16ClN3O2S. The van der Waals surface area contributed by atoms with E-state index in [1.165, 1.54) is 0 Å². The maximum atomic E-state index is 12.2. The number of amides is 2. The van der Waals surface area contributed by atoms with E-state index in [1.807, 2.05) is 47.3 Å². The van der Waals surface area contributed by atoms with E-state index in [0.717, 1.165) is 15.8 Å². The third kappa shape index (κ3) is 3.44. The molecular weight excluding hydrogens is 346 g/mol. The number of aromatic nitrogens is 1. The van der Waals surface area contributed by atoms with E-state index in [9.17, 15) is 9.59 Å². The van der Waals surface area contributed by atoms with Crippen molar-refractivity contribution in [2.75, 3.05) is 6.54 Å². The monoisotopic (exact) mass is 361 g/mol. The van der Waals surface area contributed by atoms with E-state index in [2.05, 4.69) is 10.6 Å². The summed E-state index contributed by atoms with van der Waals surface area (Å²) in [6.07, 6.45) is 0. The van der Waals surface area contributed by atoms with Gasteiger partial charge in [-0.25, -0.2) is 0 Å². The number of rotatable bonds is 5. The van der Waals surface area contributed by atoms with Gasteiger partial charge in [-0.15, -0.1) is 11.3 Å². The highest BCUT2D eigenvalue weighted by Gasteiger charge is 2.14. The maximum absolute atomic E-state index is 12.2. The van der Waals surface area contributed by atoms with Gasteiger partial charge in [-0.1, -0.05) is 29.8 Å². The van der Waals surface area contributed by atoms with Gasteiger partial charge in [0.05, 0.1) is 16.8 Å². The van der Waals surface area contributed by atoms with Crippen LogP contribution in [-0.2, 0) is 18.4 Å². The first-order valence-electron chi connectivity index (χ1n) is 7.37. The molecule has 2 aromatic heterocycles. The Balaban J connectivity index is 1.54. The van der Waals surface area contributed by atoms with Crippen molar-refractivity contribution in [3.63, 3.8) is 0 Å². The van der Waals surface area contributed by atoms with Crippen molar-refractivity contribution in [1.82, 2.24) is 15.2 Å². The van der Waals surface area contributed by atoms with E-state index in [0.29, 0.717) is 17.3 Å². The Kier molecular flexibility index (Phi) is 4.87. The Morgan fingerprint density at radius 2 is 2.00 bits per heavy atom. The largest absolute Gasteiger partial charge is 0.350 e. The minimum Gasteiger partial charge on any atom is -0.350 e. The summed E-state index contributed by atoms with van der Waals surface area (Å²) < 4.78 is 2.87. The Morgan fingerprint density at radius 3 is 2.75 bits per heavy atom. The molecule has 1 aromatic carbocycles. The molecule has 24 heavy (non-hydrogen) atoms. The average molecular weight is 362 g/mol. The van der Waals surface area contributed by atoms with E-state index in [1.54, 1.807) is 17.4 Å². The molecule has 7 heteroatoms. The summed E-state index contributed by atoms with van der Waals surface area (Å²) in [6, 6.07) is 11.1. The fourth-order valence-electron chi connectivity index (χ4n) is 2.42. The zero-order valence-corrected chi connectivity index (χ0v) is 14.6. The van der Waals surface area contributed by atoms with Crippen LogP contribution >= 0.6 is 22.9 Å². The summed E-state index contributed by atoms with van der Waals surface area (Å²) in [5.74, 6) is -0.534. The van der Waals surface area contributed by atoms with Gasteiger partial charge in [-0.05, 0) is 29.1 Å². The van der Waals surface area contributed by atoms with Crippen LogP contribution in [0.2, 0.25) is 5.02 Å². The van der Waals surface area contributed by atoms with Crippen molar-refractivity contribution >= 4 is 45.0 Å². The zero-order chi connectivity index (χ0) is 17.1. The van der Waals surface area contributed by atoms with Crippen molar-refractivity contribution in [2.45, 2.75) is 6.54 Å². The number of carbonyl (C=O) groups is 2. The van der Waals surface area contributed by atoms with Crippen molar-refractivity contribution in [3.05, 3.63) is 58.1 Å². The molecule has 0 aliphatic heterocycles. The number of benzene rings is 1. The zero-order valence-electron chi connectivity index (χ0n) is 13.0. The molecule has 0 spiro atoms. The number of hydrogen-bond acceptors (Lipinski definition) is 3. The number of fused-ring (bicyclic) bond motifs is 1. The summed E-state index contributed by atoms with van der Waals surface area (Å²) in [4.78, 5) is 24.1. The van der Waals surface area contributed by atoms with E-state index >= 15 is 0 Å². The highest BCUT2D eigenvalue weighted by molar-refractivity contribution is 7.17. The van der Waals surface area contributed by atoms with Crippen LogP contribution in [0.4, 0.5) is 0 Å². The number of thiophene rings is 1. The maximum Gasteiger partial charge on any atom is 0.268 e. The number of nitrogens with zero attached hydrogens (tertiary/aromatic N) is 1. The third-order valence-corrected chi connectivity index (χ3v) is 4.96. The molecule has 0 unspecified atom stereocenters. The van der Waals surface area contributed by atoms with Gasteiger partial charge in [0.25, 0.3) is 5.91 Å². The van der Waals surface area contributed by atoms with Crippen molar-refractivity contribution in [1.29, 1.82) is 0 Å². The highest BCUT2D eigenvalue weighted by Crippen LogP contribution is 2.23. The molecule has 3 rings (SSSR count). The molecule has 0 saturated heterocycles. The summed E-state index contributed by atoms with van der Waals surface area (Å²) in [6.45, 7) is 0.246. The second kappa shape index (κ2) is 7.07. The van der Waals surface area contributed by atoms with Gasteiger partial charge in [-0.2, -0.15) is 0 Å². The van der Waals surface area contributed by atoms with Crippen LogP contribution < -0.4 is 10.6 Å². The smallest absolute Gasteiger partial charge is 0.268 e. The molecule has 0 atom stereocenters. The lowest BCUT2D eigenvalue weighted by Crippen LogP contribution is -2.37. The summed E-state index contributed by atoms with van der Waals surface area (Å²) in [7, 11) is 1.83. The molecule has 5 nitrogen and oxygen atoms in total. The number of nitrogens with one attached hydrogen (secondary N) is 2. The Labute approximate surface area is 148 Å². The van der Waals surface area contributed by atoms with E-state index in [4.69, 9.17) is 11.6 Å². The van der Waals surface area contributed by atoms with E-state index < -0.39 is 0 Å². The number of aryl methyl sites for hydroxylation is 1. The first kappa shape index (κ1) is 16.5. The molecule has 0 saturated carbocycles. The van der Waals surface area contributed by atoms with Crippen LogP contribution in [0.15, 0.2) is 41.8 Å². The second-order valence-electron chi connectivity index (χ2n) is 5.31. The van der Waals surface area contributed by atoms with Crippen LogP contribution in [0.1, 0.15) is 16.1 Å². The summed E-state index contributed by atoms with van der Waals surface area (Å²) in [5.41, 5.74) is 2.38. The van der Waals surface area contributed by atoms with E-state index in [-0.39, 0.29) is 18.4 Å². The van der Waals surface area contributed by atoms with Gasteiger partial charge < -0.3 is 15.2 Å². The Hall–Kier alpha value is -2.31. The van der Waals surface area contributed by atoms with Gasteiger partial charge in [0.1, 0.15) is 5.69 Å². The second-order valence-corrected chi connectivity index (χ2v) is 6.66. The molecule has 0 bridgehead atoms. The molecule has 2 amide bonds. The fraction of sp³-hybridized carbons (Fsp3) is 0.176. The number of carbonyl (C=O) groups excluding carboxylic acids is 2. The SMILES string of the molecule is Cn1c(C(=O)NCC(=O)NCc2ccccc2Cl)cc2sccc21. The highest BCUT2D eigenvalue weighted by atomic mass is 35.5. The van der Waals surface area contributed by atoms with Crippen LogP contribution in [0, 0.1) is 0 Å². The van der Waals surface area contributed by atoms with Gasteiger partial charge in [0, 0.05) is 18.6 Å². The predicted molar refractivity (Wildman–Crippen MR) is 96.4 cm³/mol. The van der Waals surface area contributed by atoms with Gasteiger partial charge in [0.2, 0.25) is 5.91 Å². The van der Waals surface area contributed by atoms with Crippen molar-refractivity contribution in [3.8, 4) is 0 Å². The molecule has 124 valence electrons. The minimum atomic E-state index is -0.270. The summed E-state index contributed by atoms with van der Waals surface area (Å²) >= 11 is 7.62. The molecule has 0 aliphatic carbocycles. The molecule has 2 heterocycles. The molecule has 0 aliphatic rings. The standard InChI is InChI=1S/C17H16ClN3O2S/c1-21-13-6-7-24-15(13)8-14(21)17(23)20-10-16(22)19-9-11-4-2-3-5-12(11)18/h2-8H,9-10H2,1H3,(H,19,22)(H,20,23). The third-order valence-electron chi connectivity index (χ3n) is 3.74. The number of halogens is 1. The average Bonchev–Trinajstić information content (AvgIpc) is 3.15. The van der Waals surface area contributed by atoms with Crippen molar-refractivity contribution in [2.24, 2.45) is 7.05 Å². The van der Waals surface area contributed by atoms with Crippen molar-refractivity contribution < 1.29 is 9.59 Å². The molecule has 3 aromatic rings. The number of hydrogen-bond donors (Lipinski definition) is 2. The first-order valence-corrected chi connectivity index (χ1v) is 8.63. The summed E-state index contributed by atoms with van der Waals surface area (Å²) in [5, 5.41) is 7.96. The molecule has 0 radical (unpaired) electrons. The van der Waals surface area contributed by atoms with Gasteiger partial charge >= 0.3 is 0 Å². The normalized spacial score (nSPS) is 10.8. The van der Waals surface area contributed by atoms with Crippen LogP contribution in [-0.4, -0.2) is 22.9 Å². The lowest BCUT2D eigenvalue weighted by Gasteiger charge is -2.08. The van der Waals surface area contributed by atoms with Gasteiger partial charge in [-0.3, -0.25) is 9.59 Å². The minimum absolute atomic E-state index is 0.0812. The van der Waals surface area contributed by atoms with Crippen LogP contribution in [0.3, 0.4) is 0 Å². The van der Waals surface area contributed by atoms with Gasteiger partial charge in [0.15, 0.2) is 0 Å². The van der Waals surface area contributed by atoms with Crippen LogP contribution in [0.5, 0.6) is 0 Å². The Morgan fingerprint density at radius 1 is 1.21 bits per heavy atom. The Bertz CT molecular complexity index is 900. The predicted octanol–water partition coefficient (Wildman–Crippen LogP) is 2.94. The lowest BCUT2D eigenvalue weighted by molar-refractivity contribution is -0.120. The molecule has 0 fully saturated rings. The van der Waals surface area contributed by atoms with Crippen LogP contribution in [0.25, 0.3) is 10.2 Å². The topological polar surface area (TPSA) is 63.1 Å². The quantitative estimate of drug-likeness (QED) is 0.734. The lowest BCUT2D eigenvalue weighted by atomic mass is 10.2. The fourth-order valence-corrected chi connectivity index (χ4v) is 3.47.